The van der Waals surface area contributed by atoms with Crippen LogP contribution in [0.4, 0.5) is 4.39 Å². The van der Waals surface area contributed by atoms with Crippen molar-refractivity contribution in [2.45, 2.75) is 51.6 Å². The molecule has 2 nitrogen and oxygen atoms in total. The van der Waals surface area contributed by atoms with E-state index in [0.29, 0.717) is 6.04 Å². The second kappa shape index (κ2) is 6.68. The molecule has 1 aliphatic heterocycles. The third-order valence-electron chi connectivity index (χ3n) is 4.55. The molecule has 0 radical (unpaired) electrons. The summed E-state index contributed by atoms with van der Waals surface area (Å²) in [7, 11) is 0. The van der Waals surface area contributed by atoms with E-state index in [1.807, 2.05) is 6.07 Å². The zero-order valence-electron chi connectivity index (χ0n) is 13.0. The molecule has 1 saturated heterocycles. The summed E-state index contributed by atoms with van der Waals surface area (Å²) in [6.45, 7) is 10.1. The largest absolute Gasteiger partial charge is 0.312 e. The van der Waals surface area contributed by atoms with Gasteiger partial charge in [0.15, 0.2) is 0 Å². The quantitative estimate of drug-likeness (QED) is 0.859. The minimum atomic E-state index is -0.142. The van der Waals surface area contributed by atoms with Crippen LogP contribution in [-0.4, -0.2) is 36.1 Å². The highest BCUT2D eigenvalue weighted by Gasteiger charge is 2.36. The second-order valence-electron chi connectivity index (χ2n) is 6.29. The number of halogens is 1. The Labute approximate surface area is 122 Å². The van der Waals surface area contributed by atoms with Gasteiger partial charge in [0.1, 0.15) is 5.82 Å². The van der Waals surface area contributed by atoms with E-state index in [4.69, 9.17) is 0 Å². The summed E-state index contributed by atoms with van der Waals surface area (Å²) in [5, 5.41) is 3.60. The Morgan fingerprint density at radius 3 is 2.60 bits per heavy atom. The van der Waals surface area contributed by atoms with Crippen molar-refractivity contribution in [2.75, 3.05) is 19.6 Å². The molecule has 3 heteroatoms. The highest BCUT2D eigenvalue weighted by molar-refractivity contribution is 5.19. The maximum atomic E-state index is 13.4. The summed E-state index contributed by atoms with van der Waals surface area (Å²) in [4.78, 5) is 2.57. The zero-order valence-corrected chi connectivity index (χ0v) is 13.0. The average molecular weight is 278 g/mol. The molecule has 0 spiro atoms. The molecule has 1 N–H and O–H groups in total. The van der Waals surface area contributed by atoms with Crippen molar-refractivity contribution in [3.63, 3.8) is 0 Å². The van der Waals surface area contributed by atoms with Crippen molar-refractivity contribution in [1.29, 1.82) is 0 Å². The molecule has 1 aliphatic rings. The lowest BCUT2D eigenvalue weighted by molar-refractivity contribution is 0.107. The smallest absolute Gasteiger partial charge is 0.123 e. The number of hydrogen-bond acceptors (Lipinski definition) is 2. The summed E-state index contributed by atoms with van der Waals surface area (Å²) >= 11 is 0. The van der Waals surface area contributed by atoms with Crippen LogP contribution in [0.25, 0.3) is 0 Å². The van der Waals surface area contributed by atoms with E-state index < -0.39 is 0 Å². The van der Waals surface area contributed by atoms with E-state index >= 15 is 0 Å². The molecule has 0 aliphatic carbocycles. The van der Waals surface area contributed by atoms with Crippen LogP contribution in [0.5, 0.6) is 0 Å². The Bertz CT molecular complexity index is 425. The van der Waals surface area contributed by atoms with Crippen molar-refractivity contribution >= 4 is 0 Å². The van der Waals surface area contributed by atoms with Gasteiger partial charge in [0.25, 0.3) is 0 Å². The van der Waals surface area contributed by atoms with Crippen molar-refractivity contribution in [1.82, 2.24) is 10.2 Å². The first-order chi connectivity index (χ1) is 9.54. The van der Waals surface area contributed by atoms with Crippen molar-refractivity contribution in [2.24, 2.45) is 0 Å². The second-order valence-corrected chi connectivity index (χ2v) is 6.29. The predicted molar refractivity (Wildman–Crippen MR) is 82.5 cm³/mol. The molecule has 0 bridgehead atoms. The van der Waals surface area contributed by atoms with Gasteiger partial charge in [0.2, 0.25) is 0 Å². The van der Waals surface area contributed by atoms with E-state index in [1.165, 1.54) is 32.0 Å². The Hall–Kier alpha value is -0.930. The van der Waals surface area contributed by atoms with Crippen LogP contribution < -0.4 is 5.32 Å². The van der Waals surface area contributed by atoms with Crippen molar-refractivity contribution in [3.05, 3.63) is 35.6 Å². The first kappa shape index (κ1) is 15.5. The van der Waals surface area contributed by atoms with Crippen LogP contribution >= 0.6 is 0 Å². The topological polar surface area (TPSA) is 15.3 Å². The van der Waals surface area contributed by atoms with E-state index in [9.17, 15) is 4.39 Å². The number of hydrogen-bond donors (Lipinski definition) is 1. The Morgan fingerprint density at radius 2 is 2.00 bits per heavy atom. The minimum Gasteiger partial charge on any atom is -0.312 e. The molecule has 1 unspecified atom stereocenters. The van der Waals surface area contributed by atoms with Crippen LogP contribution in [0.3, 0.4) is 0 Å². The molecule has 0 aromatic heterocycles. The summed E-state index contributed by atoms with van der Waals surface area (Å²) in [6.07, 6.45) is 3.46. The van der Waals surface area contributed by atoms with Crippen LogP contribution in [0.15, 0.2) is 24.3 Å². The molecule has 1 fully saturated rings. The molecule has 20 heavy (non-hydrogen) atoms. The normalized spacial score (nSPS) is 18.4. The fourth-order valence-corrected chi connectivity index (χ4v) is 3.23. The van der Waals surface area contributed by atoms with Gasteiger partial charge in [-0.05, 0) is 70.4 Å². The van der Waals surface area contributed by atoms with Gasteiger partial charge in [-0.15, -0.1) is 0 Å². The predicted octanol–water partition coefficient (Wildman–Crippen LogP) is 3.22. The van der Waals surface area contributed by atoms with Gasteiger partial charge in [0.05, 0.1) is 0 Å². The fraction of sp³-hybridized carbons (Fsp3) is 0.647. The van der Waals surface area contributed by atoms with Crippen molar-refractivity contribution in [3.8, 4) is 0 Å². The molecular weight excluding hydrogens is 251 g/mol. The fourth-order valence-electron chi connectivity index (χ4n) is 3.23. The lowest BCUT2D eigenvalue weighted by atomic mass is 9.87. The standard InChI is InChI=1S/C17H27FN2/c1-4-19-16(13-14-8-7-9-15(18)12-14)17(2,3)20-10-5-6-11-20/h7-9,12,16,19H,4-6,10-11,13H2,1-3H3. The SMILES string of the molecule is CCNC(Cc1cccc(F)c1)C(C)(C)N1CCCC1. The van der Waals surface area contributed by atoms with E-state index in [0.717, 1.165) is 18.5 Å². The molecule has 0 amide bonds. The van der Waals surface area contributed by atoms with Gasteiger partial charge < -0.3 is 5.32 Å². The highest BCUT2D eigenvalue weighted by Crippen LogP contribution is 2.26. The first-order valence-electron chi connectivity index (χ1n) is 7.77. The highest BCUT2D eigenvalue weighted by atomic mass is 19.1. The maximum Gasteiger partial charge on any atom is 0.123 e. The van der Waals surface area contributed by atoms with E-state index in [1.54, 1.807) is 12.1 Å². The molecule has 1 aromatic rings. The number of rotatable bonds is 6. The van der Waals surface area contributed by atoms with Crippen LogP contribution in [0, 0.1) is 5.82 Å². The van der Waals surface area contributed by atoms with Gasteiger partial charge in [-0.3, -0.25) is 4.90 Å². The Balaban J connectivity index is 2.13. The lowest BCUT2D eigenvalue weighted by Gasteiger charge is -2.42. The van der Waals surface area contributed by atoms with Crippen LogP contribution in [0.1, 0.15) is 39.2 Å². The molecule has 1 atom stereocenters. The summed E-state index contributed by atoms with van der Waals surface area (Å²) < 4.78 is 13.4. The van der Waals surface area contributed by atoms with Crippen LogP contribution in [0.2, 0.25) is 0 Å². The third kappa shape index (κ3) is 3.58. The van der Waals surface area contributed by atoms with Gasteiger partial charge in [-0.2, -0.15) is 0 Å². The molecule has 2 rings (SSSR count). The first-order valence-corrected chi connectivity index (χ1v) is 7.77. The summed E-state index contributed by atoms with van der Waals surface area (Å²) in [5.74, 6) is -0.142. The summed E-state index contributed by atoms with van der Waals surface area (Å²) in [5.41, 5.74) is 1.17. The minimum absolute atomic E-state index is 0.0961. The van der Waals surface area contributed by atoms with E-state index in [2.05, 4.69) is 31.0 Å². The van der Waals surface area contributed by atoms with Gasteiger partial charge >= 0.3 is 0 Å². The zero-order chi connectivity index (χ0) is 14.6. The van der Waals surface area contributed by atoms with Crippen LogP contribution in [-0.2, 0) is 6.42 Å². The Kier molecular flexibility index (Phi) is 5.17. The Morgan fingerprint density at radius 1 is 1.30 bits per heavy atom. The number of nitrogens with zero attached hydrogens (tertiary/aromatic N) is 1. The van der Waals surface area contributed by atoms with E-state index in [-0.39, 0.29) is 11.4 Å². The average Bonchev–Trinajstić information content (AvgIpc) is 2.93. The molecule has 1 heterocycles. The third-order valence-corrected chi connectivity index (χ3v) is 4.55. The number of benzene rings is 1. The maximum absolute atomic E-state index is 13.4. The number of likely N-dealkylation sites (N-methyl/N-ethyl adjacent to an activating group) is 1. The number of nitrogens with one attached hydrogen (secondary N) is 1. The van der Waals surface area contributed by atoms with Gasteiger partial charge in [0, 0.05) is 11.6 Å². The molecule has 1 aromatic carbocycles. The van der Waals surface area contributed by atoms with Gasteiger partial charge in [-0.1, -0.05) is 19.1 Å². The molecular formula is C17H27FN2. The summed E-state index contributed by atoms with van der Waals surface area (Å²) in [6, 6.07) is 7.33. The molecule has 112 valence electrons. The van der Waals surface area contributed by atoms with Gasteiger partial charge in [-0.25, -0.2) is 4.39 Å². The lowest BCUT2D eigenvalue weighted by Crippen LogP contribution is -2.57. The molecule has 0 saturated carbocycles. The van der Waals surface area contributed by atoms with Crippen molar-refractivity contribution < 1.29 is 4.39 Å². The monoisotopic (exact) mass is 278 g/mol. The number of likely N-dealkylation sites (tertiary alicyclic amines) is 1.